The molecule has 0 bridgehead atoms. The summed E-state index contributed by atoms with van der Waals surface area (Å²) in [6.07, 6.45) is 3.53. The minimum Gasteiger partial charge on any atom is -0.388 e. The zero-order chi connectivity index (χ0) is 13.1. The van der Waals surface area contributed by atoms with Crippen LogP contribution in [0.2, 0.25) is 0 Å². The molecule has 0 radical (unpaired) electrons. The highest BCUT2D eigenvalue weighted by Crippen LogP contribution is 2.07. The maximum absolute atomic E-state index is 5.67. The van der Waals surface area contributed by atoms with E-state index in [2.05, 4.69) is 23.9 Å². The van der Waals surface area contributed by atoms with Crippen molar-refractivity contribution in [2.45, 2.75) is 26.9 Å². The predicted molar refractivity (Wildman–Crippen MR) is 74.3 cm³/mol. The maximum Gasteiger partial charge on any atom is 0.146 e. The van der Waals surface area contributed by atoms with Crippen molar-refractivity contribution in [1.82, 2.24) is 19.3 Å². The quantitative estimate of drug-likeness (QED) is 0.829. The number of nitrogens with zero attached hydrogens (tertiary/aromatic N) is 4. The van der Waals surface area contributed by atoms with E-state index in [1.807, 2.05) is 27.6 Å². The van der Waals surface area contributed by atoms with Crippen LogP contribution >= 0.6 is 12.2 Å². The van der Waals surface area contributed by atoms with Crippen LogP contribution in [0.1, 0.15) is 25.4 Å². The normalized spacial score (nSPS) is 11.1. The number of nitrogens with two attached hydrogens (primary N) is 1. The predicted octanol–water partition coefficient (Wildman–Crippen LogP) is 1.42. The zero-order valence-corrected chi connectivity index (χ0v) is 11.4. The Hall–Kier alpha value is -1.69. The van der Waals surface area contributed by atoms with Crippen LogP contribution in [0.5, 0.6) is 0 Å². The van der Waals surface area contributed by atoms with Crippen LogP contribution in [-0.4, -0.2) is 24.3 Å². The van der Waals surface area contributed by atoms with Crippen LogP contribution in [0.25, 0.3) is 0 Å². The standard InChI is InChI=1S/C12H17N5S/c1-9(2)6-17-11(14-8-15-17)7-16-5-3-4-10(16)12(13)18/h3-5,8-9H,6-7H2,1-2H3,(H2,13,18). The van der Waals surface area contributed by atoms with Gasteiger partial charge in [0, 0.05) is 12.7 Å². The molecule has 0 aromatic carbocycles. The minimum absolute atomic E-state index is 0.398. The number of rotatable bonds is 5. The Morgan fingerprint density at radius 2 is 2.28 bits per heavy atom. The summed E-state index contributed by atoms with van der Waals surface area (Å²) in [4.78, 5) is 4.69. The molecule has 0 aliphatic heterocycles. The number of aromatic nitrogens is 4. The average molecular weight is 263 g/mol. The fraction of sp³-hybridized carbons (Fsp3) is 0.417. The molecule has 0 saturated carbocycles. The third-order valence-electron chi connectivity index (χ3n) is 2.63. The second kappa shape index (κ2) is 5.30. The summed E-state index contributed by atoms with van der Waals surface area (Å²) < 4.78 is 3.91. The van der Waals surface area contributed by atoms with Crippen LogP contribution in [0.15, 0.2) is 24.7 Å². The highest BCUT2D eigenvalue weighted by atomic mass is 32.1. The van der Waals surface area contributed by atoms with Gasteiger partial charge in [-0.3, -0.25) is 0 Å². The van der Waals surface area contributed by atoms with Gasteiger partial charge in [-0.1, -0.05) is 26.1 Å². The highest BCUT2D eigenvalue weighted by Gasteiger charge is 2.09. The monoisotopic (exact) mass is 263 g/mol. The van der Waals surface area contributed by atoms with E-state index >= 15 is 0 Å². The summed E-state index contributed by atoms with van der Waals surface area (Å²) in [5.74, 6) is 1.45. The Bertz CT molecular complexity index is 540. The molecule has 96 valence electrons. The molecule has 0 atom stereocenters. The number of thiocarbonyl (C=S) groups is 1. The Morgan fingerprint density at radius 3 is 2.94 bits per heavy atom. The van der Waals surface area contributed by atoms with Crippen LogP contribution in [-0.2, 0) is 13.1 Å². The summed E-state index contributed by atoms with van der Waals surface area (Å²) in [6.45, 7) is 5.80. The fourth-order valence-corrected chi connectivity index (χ4v) is 2.02. The van der Waals surface area contributed by atoms with Gasteiger partial charge in [0.25, 0.3) is 0 Å². The summed E-state index contributed by atoms with van der Waals surface area (Å²) in [5.41, 5.74) is 6.53. The first-order valence-electron chi connectivity index (χ1n) is 5.89. The van der Waals surface area contributed by atoms with Gasteiger partial charge in [0.15, 0.2) is 0 Å². The van der Waals surface area contributed by atoms with E-state index in [-0.39, 0.29) is 0 Å². The first-order valence-corrected chi connectivity index (χ1v) is 6.30. The molecule has 2 aromatic heterocycles. The van der Waals surface area contributed by atoms with E-state index in [0.29, 0.717) is 17.5 Å². The van der Waals surface area contributed by atoms with Gasteiger partial charge in [0.05, 0.1) is 12.2 Å². The van der Waals surface area contributed by atoms with Gasteiger partial charge >= 0.3 is 0 Å². The van der Waals surface area contributed by atoms with E-state index in [1.165, 1.54) is 0 Å². The molecule has 0 aliphatic carbocycles. The highest BCUT2D eigenvalue weighted by molar-refractivity contribution is 7.80. The molecule has 5 nitrogen and oxygen atoms in total. The molecule has 0 spiro atoms. The molecule has 2 rings (SSSR count). The van der Waals surface area contributed by atoms with Crippen LogP contribution in [0.4, 0.5) is 0 Å². The molecule has 0 fully saturated rings. The van der Waals surface area contributed by atoms with Crippen molar-refractivity contribution < 1.29 is 0 Å². The summed E-state index contributed by atoms with van der Waals surface area (Å²) >= 11 is 5.02. The molecular weight excluding hydrogens is 246 g/mol. The van der Waals surface area contributed by atoms with E-state index < -0.39 is 0 Å². The summed E-state index contributed by atoms with van der Waals surface area (Å²) in [6, 6.07) is 3.84. The van der Waals surface area contributed by atoms with Gasteiger partial charge in [0.2, 0.25) is 0 Å². The topological polar surface area (TPSA) is 61.7 Å². The van der Waals surface area contributed by atoms with Gasteiger partial charge in [-0.2, -0.15) is 5.10 Å². The van der Waals surface area contributed by atoms with E-state index in [1.54, 1.807) is 6.33 Å². The van der Waals surface area contributed by atoms with Gasteiger partial charge < -0.3 is 10.3 Å². The lowest BCUT2D eigenvalue weighted by atomic mass is 10.2. The third kappa shape index (κ3) is 2.76. The van der Waals surface area contributed by atoms with Crippen molar-refractivity contribution in [2.24, 2.45) is 11.7 Å². The Morgan fingerprint density at radius 1 is 1.50 bits per heavy atom. The van der Waals surface area contributed by atoms with Crippen molar-refractivity contribution in [3.05, 3.63) is 36.2 Å². The van der Waals surface area contributed by atoms with E-state index in [0.717, 1.165) is 18.1 Å². The smallest absolute Gasteiger partial charge is 0.146 e. The van der Waals surface area contributed by atoms with Gasteiger partial charge in [-0.15, -0.1) is 0 Å². The molecule has 6 heteroatoms. The molecule has 0 saturated heterocycles. The first kappa shape index (κ1) is 12.8. The van der Waals surface area contributed by atoms with Gasteiger partial charge in [-0.05, 0) is 18.1 Å². The number of hydrogen-bond donors (Lipinski definition) is 1. The summed E-state index contributed by atoms with van der Waals surface area (Å²) in [5, 5.41) is 4.24. The van der Waals surface area contributed by atoms with Gasteiger partial charge in [0.1, 0.15) is 17.1 Å². The van der Waals surface area contributed by atoms with Crippen LogP contribution < -0.4 is 5.73 Å². The molecule has 0 unspecified atom stereocenters. The van der Waals surface area contributed by atoms with E-state index in [9.17, 15) is 0 Å². The van der Waals surface area contributed by atoms with Crippen molar-refractivity contribution in [2.75, 3.05) is 0 Å². The van der Waals surface area contributed by atoms with Crippen LogP contribution in [0, 0.1) is 5.92 Å². The molecule has 18 heavy (non-hydrogen) atoms. The second-order valence-electron chi connectivity index (χ2n) is 4.64. The number of hydrogen-bond acceptors (Lipinski definition) is 3. The maximum atomic E-state index is 5.67. The third-order valence-corrected chi connectivity index (χ3v) is 2.84. The van der Waals surface area contributed by atoms with Crippen molar-refractivity contribution in [3.8, 4) is 0 Å². The Labute approximate surface area is 112 Å². The SMILES string of the molecule is CC(C)Cn1ncnc1Cn1cccc1C(N)=S. The molecule has 2 N–H and O–H groups in total. The largest absolute Gasteiger partial charge is 0.388 e. The minimum atomic E-state index is 0.398. The molecular formula is C12H17N5S. The first-order chi connectivity index (χ1) is 8.58. The van der Waals surface area contributed by atoms with Crippen molar-refractivity contribution in [3.63, 3.8) is 0 Å². The lowest BCUT2D eigenvalue weighted by Crippen LogP contribution is -2.18. The van der Waals surface area contributed by atoms with Crippen molar-refractivity contribution in [1.29, 1.82) is 0 Å². The van der Waals surface area contributed by atoms with Crippen LogP contribution in [0.3, 0.4) is 0 Å². The van der Waals surface area contributed by atoms with Gasteiger partial charge in [-0.25, -0.2) is 9.67 Å². The average Bonchev–Trinajstić information content (AvgIpc) is 2.88. The fourth-order valence-electron chi connectivity index (χ4n) is 1.84. The Balaban J connectivity index is 2.21. The lowest BCUT2D eigenvalue weighted by Gasteiger charge is -2.11. The molecule has 0 aliphatic rings. The van der Waals surface area contributed by atoms with E-state index in [4.69, 9.17) is 18.0 Å². The van der Waals surface area contributed by atoms with Crippen molar-refractivity contribution >= 4 is 17.2 Å². The zero-order valence-electron chi connectivity index (χ0n) is 10.6. The molecule has 2 aromatic rings. The molecule has 2 heterocycles. The summed E-state index contributed by atoms with van der Waals surface area (Å²) in [7, 11) is 0. The Kier molecular flexibility index (Phi) is 3.76. The second-order valence-corrected chi connectivity index (χ2v) is 5.08. The molecule has 0 amide bonds. The lowest BCUT2D eigenvalue weighted by molar-refractivity contribution is 0.461.